The molecule has 6 nitrogen and oxygen atoms in total. The Hall–Kier alpha value is -3.15. The number of aromatic nitrogens is 4. The van der Waals surface area contributed by atoms with Crippen molar-refractivity contribution in [2.45, 2.75) is 6.92 Å². The van der Waals surface area contributed by atoms with Crippen molar-refractivity contribution >= 4 is 5.97 Å². The van der Waals surface area contributed by atoms with Gasteiger partial charge in [0.05, 0.1) is 11.4 Å². The lowest BCUT2D eigenvalue weighted by Gasteiger charge is -2.03. The molecule has 0 atom stereocenters. The summed E-state index contributed by atoms with van der Waals surface area (Å²) in [6, 6.07) is 14.0. The van der Waals surface area contributed by atoms with E-state index >= 15 is 0 Å². The molecule has 0 bridgehead atoms. The van der Waals surface area contributed by atoms with Crippen LogP contribution in [0.5, 0.6) is 0 Å². The minimum Gasteiger partial charge on any atom is -0.477 e. The summed E-state index contributed by atoms with van der Waals surface area (Å²) in [5.41, 5.74) is 3.26. The molecule has 3 rings (SSSR count). The summed E-state index contributed by atoms with van der Waals surface area (Å²) in [5, 5.41) is 17.2. The molecular weight excluding hydrogens is 280 g/mol. The van der Waals surface area contributed by atoms with E-state index in [-0.39, 0.29) is 5.69 Å². The minimum atomic E-state index is -1.07. The quantitative estimate of drug-likeness (QED) is 0.798. The Balaban J connectivity index is 1.94. The van der Waals surface area contributed by atoms with Crippen molar-refractivity contribution in [2.75, 3.05) is 0 Å². The summed E-state index contributed by atoms with van der Waals surface area (Å²) in [4.78, 5) is 19.4. The molecule has 22 heavy (non-hydrogen) atoms. The Bertz CT molecular complexity index is 832. The zero-order valence-electron chi connectivity index (χ0n) is 11.8. The van der Waals surface area contributed by atoms with E-state index < -0.39 is 5.97 Å². The first-order chi connectivity index (χ1) is 10.6. The molecule has 0 saturated carbocycles. The van der Waals surface area contributed by atoms with E-state index in [9.17, 15) is 4.79 Å². The number of pyridine rings is 2. The molecule has 0 aliphatic carbocycles. The average Bonchev–Trinajstić information content (AvgIpc) is 2.55. The minimum absolute atomic E-state index is 0.0243. The second-order valence-corrected chi connectivity index (χ2v) is 4.68. The first kappa shape index (κ1) is 13.8. The lowest BCUT2D eigenvalue weighted by Crippen LogP contribution is -2.01. The Morgan fingerprint density at radius 2 is 1.41 bits per heavy atom. The standard InChI is InChI=1S/C16H12N4O2/c1-10-4-2-5-11(17-10)13-8-9-14(20-19-13)12-6-3-7-15(18-12)16(21)22/h2-9H,1H3,(H,21,22). The van der Waals surface area contributed by atoms with E-state index in [1.807, 2.05) is 25.1 Å². The first-order valence-corrected chi connectivity index (χ1v) is 6.62. The van der Waals surface area contributed by atoms with Crippen LogP contribution in [0.3, 0.4) is 0 Å². The van der Waals surface area contributed by atoms with Gasteiger partial charge in [0.25, 0.3) is 0 Å². The molecule has 0 unspecified atom stereocenters. The second kappa shape index (κ2) is 5.69. The number of rotatable bonds is 3. The summed E-state index contributed by atoms with van der Waals surface area (Å²) in [5.74, 6) is -1.07. The molecule has 0 aromatic carbocycles. The maximum Gasteiger partial charge on any atom is 0.354 e. The van der Waals surface area contributed by atoms with E-state index in [0.29, 0.717) is 17.1 Å². The van der Waals surface area contributed by atoms with Crippen LogP contribution in [0.25, 0.3) is 22.8 Å². The molecule has 0 spiro atoms. The Morgan fingerprint density at radius 1 is 0.818 bits per heavy atom. The molecule has 0 fully saturated rings. The van der Waals surface area contributed by atoms with Gasteiger partial charge in [-0.3, -0.25) is 4.98 Å². The monoisotopic (exact) mass is 292 g/mol. The number of hydrogen-bond donors (Lipinski definition) is 1. The van der Waals surface area contributed by atoms with Crippen LogP contribution in [0.15, 0.2) is 48.5 Å². The van der Waals surface area contributed by atoms with Gasteiger partial charge >= 0.3 is 5.97 Å². The Labute approximate surface area is 126 Å². The van der Waals surface area contributed by atoms with Gasteiger partial charge in [-0.1, -0.05) is 12.1 Å². The van der Waals surface area contributed by atoms with Crippen molar-refractivity contribution in [3.8, 4) is 22.8 Å². The third-order valence-electron chi connectivity index (χ3n) is 3.05. The highest BCUT2D eigenvalue weighted by Gasteiger charge is 2.09. The molecular formula is C16H12N4O2. The molecule has 3 aromatic rings. The fourth-order valence-corrected chi connectivity index (χ4v) is 1.99. The van der Waals surface area contributed by atoms with Crippen molar-refractivity contribution in [3.05, 3.63) is 59.9 Å². The molecule has 0 amide bonds. The van der Waals surface area contributed by atoms with E-state index in [0.717, 1.165) is 11.4 Å². The number of carbonyl (C=O) groups is 1. The maximum absolute atomic E-state index is 10.9. The van der Waals surface area contributed by atoms with Crippen LogP contribution < -0.4 is 0 Å². The lowest BCUT2D eigenvalue weighted by molar-refractivity contribution is 0.0690. The first-order valence-electron chi connectivity index (χ1n) is 6.62. The number of aromatic carboxylic acids is 1. The predicted octanol–water partition coefficient (Wildman–Crippen LogP) is 2.61. The van der Waals surface area contributed by atoms with Gasteiger partial charge in [0, 0.05) is 5.69 Å². The van der Waals surface area contributed by atoms with Crippen molar-refractivity contribution in [1.29, 1.82) is 0 Å². The van der Waals surface area contributed by atoms with Crippen LogP contribution in [-0.2, 0) is 0 Å². The van der Waals surface area contributed by atoms with Crippen LogP contribution in [0.1, 0.15) is 16.2 Å². The van der Waals surface area contributed by atoms with Crippen molar-refractivity contribution < 1.29 is 9.90 Å². The fraction of sp³-hybridized carbons (Fsp3) is 0.0625. The average molecular weight is 292 g/mol. The third-order valence-corrected chi connectivity index (χ3v) is 3.05. The Morgan fingerprint density at radius 3 is 1.95 bits per heavy atom. The highest BCUT2D eigenvalue weighted by Crippen LogP contribution is 2.18. The van der Waals surface area contributed by atoms with E-state index in [4.69, 9.17) is 5.11 Å². The van der Waals surface area contributed by atoms with E-state index in [1.165, 1.54) is 6.07 Å². The smallest absolute Gasteiger partial charge is 0.354 e. The summed E-state index contributed by atoms with van der Waals surface area (Å²) >= 11 is 0. The van der Waals surface area contributed by atoms with Crippen LogP contribution in [0.4, 0.5) is 0 Å². The fourth-order valence-electron chi connectivity index (χ4n) is 1.99. The van der Waals surface area contributed by atoms with Crippen molar-refractivity contribution in [1.82, 2.24) is 20.2 Å². The highest BCUT2D eigenvalue weighted by molar-refractivity contribution is 5.85. The third kappa shape index (κ3) is 2.80. The molecule has 6 heteroatoms. The number of carboxylic acid groups (broad SMARTS) is 1. The SMILES string of the molecule is Cc1cccc(-c2ccc(-c3cccc(C(=O)O)n3)nn2)n1. The summed E-state index contributed by atoms with van der Waals surface area (Å²) in [6.07, 6.45) is 0. The van der Waals surface area contributed by atoms with Gasteiger partial charge in [-0.15, -0.1) is 10.2 Å². The van der Waals surface area contributed by atoms with Crippen LogP contribution in [0, 0.1) is 6.92 Å². The predicted molar refractivity (Wildman–Crippen MR) is 80.2 cm³/mol. The Kier molecular flexibility index (Phi) is 3.57. The molecule has 3 aromatic heterocycles. The van der Waals surface area contributed by atoms with Crippen LogP contribution >= 0.6 is 0 Å². The zero-order chi connectivity index (χ0) is 15.5. The second-order valence-electron chi connectivity index (χ2n) is 4.68. The van der Waals surface area contributed by atoms with Crippen molar-refractivity contribution in [2.24, 2.45) is 0 Å². The molecule has 0 saturated heterocycles. The van der Waals surface area contributed by atoms with Crippen LogP contribution in [-0.4, -0.2) is 31.2 Å². The molecule has 0 aliphatic rings. The zero-order valence-corrected chi connectivity index (χ0v) is 11.8. The van der Waals surface area contributed by atoms with E-state index in [1.54, 1.807) is 24.3 Å². The van der Waals surface area contributed by atoms with Gasteiger partial charge in [-0.2, -0.15) is 0 Å². The number of carboxylic acids is 1. The number of aryl methyl sites for hydroxylation is 1. The molecule has 0 radical (unpaired) electrons. The lowest BCUT2D eigenvalue weighted by atomic mass is 10.2. The van der Waals surface area contributed by atoms with Crippen LogP contribution in [0.2, 0.25) is 0 Å². The van der Waals surface area contributed by atoms with Gasteiger partial charge in [0.1, 0.15) is 17.1 Å². The summed E-state index contributed by atoms with van der Waals surface area (Å²) < 4.78 is 0. The van der Waals surface area contributed by atoms with Gasteiger partial charge in [-0.05, 0) is 43.3 Å². The van der Waals surface area contributed by atoms with E-state index in [2.05, 4.69) is 20.2 Å². The molecule has 1 N–H and O–H groups in total. The topological polar surface area (TPSA) is 88.9 Å². The molecule has 0 aliphatic heterocycles. The highest BCUT2D eigenvalue weighted by atomic mass is 16.4. The normalized spacial score (nSPS) is 10.4. The number of nitrogens with zero attached hydrogens (tertiary/aromatic N) is 4. The molecule has 108 valence electrons. The summed E-state index contributed by atoms with van der Waals surface area (Å²) in [6.45, 7) is 1.91. The van der Waals surface area contributed by atoms with Gasteiger partial charge in [-0.25, -0.2) is 9.78 Å². The number of hydrogen-bond acceptors (Lipinski definition) is 5. The largest absolute Gasteiger partial charge is 0.477 e. The van der Waals surface area contributed by atoms with Gasteiger partial charge in [0.2, 0.25) is 0 Å². The summed E-state index contributed by atoms with van der Waals surface area (Å²) in [7, 11) is 0. The van der Waals surface area contributed by atoms with Crippen molar-refractivity contribution in [3.63, 3.8) is 0 Å². The van der Waals surface area contributed by atoms with Gasteiger partial charge in [0.15, 0.2) is 0 Å². The van der Waals surface area contributed by atoms with Gasteiger partial charge < -0.3 is 5.11 Å². The molecule has 3 heterocycles. The maximum atomic E-state index is 10.9.